The summed E-state index contributed by atoms with van der Waals surface area (Å²) in [5, 5.41) is 0. The maximum Gasteiger partial charge on any atom is 0.306 e. The molecule has 1 unspecified atom stereocenters. The van der Waals surface area contributed by atoms with Gasteiger partial charge in [0, 0.05) is 19.3 Å². The van der Waals surface area contributed by atoms with Crippen LogP contribution in [0.15, 0.2) is 72.9 Å². The van der Waals surface area contributed by atoms with E-state index in [-0.39, 0.29) is 37.5 Å². The van der Waals surface area contributed by atoms with E-state index in [0.717, 1.165) is 51.4 Å². The number of carbonyl (C=O) groups excluding carboxylic acids is 3. The quantitative estimate of drug-likeness (QED) is 0.0199. The lowest BCUT2D eigenvalue weighted by Crippen LogP contribution is -2.30. The lowest BCUT2D eigenvalue weighted by atomic mass is 10.0. The zero-order valence-electron chi connectivity index (χ0n) is 43.4. The second-order valence-corrected chi connectivity index (χ2v) is 18.6. The van der Waals surface area contributed by atoms with Crippen LogP contribution in [0.5, 0.6) is 0 Å². The fourth-order valence-electron chi connectivity index (χ4n) is 7.88. The van der Waals surface area contributed by atoms with Gasteiger partial charge in [0.2, 0.25) is 0 Å². The summed E-state index contributed by atoms with van der Waals surface area (Å²) in [6.45, 7) is 6.45. The van der Waals surface area contributed by atoms with E-state index in [9.17, 15) is 14.4 Å². The van der Waals surface area contributed by atoms with E-state index in [0.29, 0.717) is 19.3 Å². The number of hydrogen-bond acceptors (Lipinski definition) is 6. The van der Waals surface area contributed by atoms with Gasteiger partial charge >= 0.3 is 17.9 Å². The van der Waals surface area contributed by atoms with Crippen LogP contribution in [0.25, 0.3) is 0 Å². The van der Waals surface area contributed by atoms with E-state index in [1.807, 2.05) is 54.7 Å². The second-order valence-electron chi connectivity index (χ2n) is 18.6. The molecule has 0 aliphatic rings. The molecule has 0 bridgehead atoms. The van der Waals surface area contributed by atoms with Gasteiger partial charge in [0.25, 0.3) is 0 Å². The van der Waals surface area contributed by atoms with Crippen molar-refractivity contribution in [1.29, 1.82) is 0 Å². The van der Waals surface area contributed by atoms with E-state index in [4.69, 9.17) is 14.2 Å². The third-order valence-electron chi connectivity index (χ3n) is 12.1. The molecule has 0 heterocycles. The van der Waals surface area contributed by atoms with Crippen LogP contribution in [0, 0.1) is 0 Å². The molecule has 0 aliphatic carbocycles. The van der Waals surface area contributed by atoms with Crippen LogP contribution in [0.1, 0.15) is 271 Å². The molecule has 380 valence electrons. The topological polar surface area (TPSA) is 78.9 Å². The molecule has 0 aromatic rings. The lowest BCUT2D eigenvalue weighted by Gasteiger charge is -2.18. The summed E-state index contributed by atoms with van der Waals surface area (Å²) < 4.78 is 16.8. The highest BCUT2D eigenvalue weighted by Crippen LogP contribution is 2.16. The van der Waals surface area contributed by atoms with Gasteiger partial charge in [-0.1, -0.05) is 267 Å². The molecule has 6 heteroatoms. The molecular formula is C60H104O6. The van der Waals surface area contributed by atoms with Crippen molar-refractivity contribution < 1.29 is 28.6 Å². The smallest absolute Gasteiger partial charge is 0.306 e. The largest absolute Gasteiger partial charge is 0.462 e. The van der Waals surface area contributed by atoms with Crippen LogP contribution >= 0.6 is 0 Å². The average Bonchev–Trinajstić information content (AvgIpc) is 3.31. The Morgan fingerprint density at radius 3 is 1.02 bits per heavy atom. The Morgan fingerprint density at radius 2 is 0.621 bits per heavy atom. The van der Waals surface area contributed by atoms with Gasteiger partial charge in [-0.25, -0.2) is 0 Å². The predicted octanol–water partition coefficient (Wildman–Crippen LogP) is 18.6. The maximum absolute atomic E-state index is 12.8. The Balaban J connectivity index is 4.41. The van der Waals surface area contributed by atoms with Crippen LogP contribution in [-0.4, -0.2) is 37.2 Å². The molecule has 6 nitrogen and oxygen atoms in total. The zero-order valence-corrected chi connectivity index (χ0v) is 43.4. The van der Waals surface area contributed by atoms with Gasteiger partial charge in [-0.2, -0.15) is 0 Å². The summed E-state index contributed by atoms with van der Waals surface area (Å²) in [4.78, 5) is 38.1. The van der Waals surface area contributed by atoms with Crippen molar-refractivity contribution in [3.05, 3.63) is 72.9 Å². The first-order chi connectivity index (χ1) is 32.5. The first kappa shape index (κ1) is 62.8. The van der Waals surface area contributed by atoms with Crippen molar-refractivity contribution in [2.24, 2.45) is 0 Å². The van der Waals surface area contributed by atoms with Gasteiger partial charge in [-0.05, 0) is 57.8 Å². The molecule has 0 radical (unpaired) electrons. The Hall–Kier alpha value is -3.15. The molecule has 0 rings (SSSR count). The van der Waals surface area contributed by atoms with Crippen molar-refractivity contribution in [1.82, 2.24) is 0 Å². The third kappa shape index (κ3) is 51.8. The minimum Gasteiger partial charge on any atom is -0.462 e. The van der Waals surface area contributed by atoms with Gasteiger partial charge in [0.1, 0.15) is 13.2 Å². The summed E-state index contributed by atoms with van der Waals surface area (Å²) in [6.07, 6.45) is 69.0. The lowest BCUT2D eigenvalue weighted by molar-refractivity contribution is -0.167. The summed E-state index contributed by atoms with van der Waals surface area (Å²) in [5.41, 5.74) is 0. The minimum atomic E-state index is -0.804. The summed E-state index contributed by atoms with van der Waals surface area (Å²) in [7, 11) is 0. The minimum absolute atomic E-state index is 0.0981. The van der Waals surface area contributed by atoms with E-state index < -0.39 is 6.10 Å². The van der Waals surface area contributed by atoms with Gasteiger partial charge in [-0.15, -0.1) is 0 Å². The summed E-state index contributed by atoms with van der Waals surface area (Å²) in [5.74, 6) is -0.970. The van der Waals surface area contributed by atoms with Crippen molar-refractivity contribution >= 4 is 17.9 Å². The van der Waals surface area contributed by atoms with Crippen molar-refractivity contribution in [2.75, 3.05) is 13.2 Å². The van der Waals surface area contributed by atoms with Gasteiger partial charge in [0.05, 0.1) is 0 Å². The molecule has 1 atom stereocenters. The normalized spacial score (nSPS) is 12.6. The Morgan fingerprint density at radius 1 is 0.318 bits per heavy atom. The molecule has 0 aliphatic heterocycles. The molecule has 0 N–H and O–H groups in total. The molecule has 0 aromatic carbocycles. The number of ether oxygens (including phenoxy) is 3. The van der Waals surface area contributed by atoms with Crippen LogP contribution in [0.2, 0.25) is 0 Å². The molecule has 0 amide bonds. The monoisotopic (exact) mass is 921 g/mol. The van der Waals surface area contributed by atoms with Crippen molar-refractivity contribution in [2.45, 2.75) is 277 Å². The van der Waals surface area contributed by atoms with Crippen LogP contribution in [-0.2, 0) is 28.6 Å². The first-order valence-corrected chi connectivity index (χ1v) is 28.0. The predicted molar refractivity (Wildman–Crippen MR) is 284 cm³/mol. The van der Waals surface area contributed by atoms with Gasteiger partial charge in [-0.3, -0.25) is 14.4 Å². The fourth-order valence-corrected chi connectivity index (χ4v) is 7.88. The number of rotatable bonds is 50. The molecule has 0 spiro atoms. The standard InChI is InChI=1S/C60H104O6/c1-4-7-10-13-16-19-22-25-27-29-30-31-33-35-38-41-44-47-50-53-59(62)65-56-57(55-64-58(61)52-49-46-43-40-37-34-24-21-18-15-12-9-6-3)66-60(63)54-51-48-45-42-39-36-32-28-26-23-20-17-14-11-8-5-2/h9,12,15,18,21,24,29-30,34,37,40,43,57H,4-8,10-11,13-14,16-17,19-20,22-23,25-28,31-33,35-36,38-39,41-42,44-56H2,1-3H3/b12-9-,18-15-,24-21-,30-29-,37-34-,43-40-. The average molecular weight is 921 g/mol. The van der Waals surface area contributed by atoms with E-state index >= 15 is 0 Å². The van der Waals surface area contributed by atoms with Gasteiger partial charge in [0.15, 0.2) is 6.10 Å². The Bertz CT molecular complexity index is 1240. The molecular weight excluding hydrogens is 817 g/mol. The summed E-state index contributed by atoms with van der Waals surface area (Å²) >= 11 is 0. The number of esters is 3. The molecule has 0 saturated carbocycles. The fraction of sp³-hybridized carbons (Fsp3) is 0.750. The van der Waals surface area contributed by atoms with E-state index in [1.165, 1.54) is 173 Å². The number of carbonyl (C=O) groups is 3. The maximum atomic E-state index is 12.8. The Labute approximate surface area is 408 Å². The highest BCUT2D eigenvalue weighted by molar-refractivity contribution is 5.71. The van der Waals surface area contributed by atoms with Crippen LogP contribution < -0.4 is 0 Å². The third-order valence-corrected chi connectivity index (χ3v) is 12.1. The number of hydrogen-bond donors (Lipinski definition) is 0. The van der Waals surface area contributed by atoms with E-state index in [1.54, 1.807) is 0 Å². The number of unbranched alkanes of at least 4 members (excludes halogenated alkanes) is 31. The first-order valence-electron chi connectivity index (χ1n) is 28.0. The molecule has 0 fully saturated rings. The highest BCUT2D eigenvalue weighted by atomic mass is 16.6. The van der Waals surface area contributed by atoms with Crippen molar-refractivity contribution in [3.8, 4) is 0 Å². The SMILES string of the molecule is CC\C=C/C=C\C=C/C=C\C=C/CCCC(=O)OCC(COC(=O)CCCCCCCCC/C=C\CCCCCCCCCC)OC(=O)CCCCCCCCCCCCCCCCCC. The van der Waals surface area contributed by atoms with Gasteiger partial charge < -0.3 is 14.2 Å². The molecule has 0 saturated heterocycles. The van der Waals surface area contributed by atoms with Crippen LogP contribution in [0.3, 0.4) is 0 Å². The van der Waals surface area contributed by atoms with Crippen molar-refractivity contribution in [3.63, 3.8) is 0 Å². The molecule has 0 aromatic heterocycles. The zero-order chi connectivity index (χ0) is 47.9. The molecule has 66 heavy (non-hydrogen) atoms. The number of allylic oxidation sites excluding steroid dienone is 12. The Kier molecular flexibility index (Phi) is 51.9. The summed E-state index contributed by atoms with van der Waals surface area (Å²) in [6, 6.07) is 0. The second kappa shape index (κ2) is 54.5. The highest BCUT2D eigenvalue weighted by Gasteiger charge is 2.19. The van der Waals surface area contributed by atoms with E-state index in [2.05, 4.69) is 39.0 Å². The van der Waals surface area contributed by atoms with Crippen LogP contribution in [0.4, 0.5) is 0 Å².